The minimum absolute atomic E-state index is 0. The van der Waals surface area contributed by atoms with Crippen LogP contribution >= 0.6 is 0 Å². The first kappa shape index (κ1) is 87.9. The first-order chi connectivity index (χ1) is 44.9. The van der Waals surface area contributed by atoms with E-state index in [1.54, 1.807) is 12.1 Å². The van der Waals surface area contributed by atoms with Crippen molar-refractivity contribution in [1.82, 2.24) is 0 Å². The maximum atomic E-state index is 12.3. The van der Waals surface area contributed by atoms with Gasteiger partial charge < -0.3 is 9.11 Å². The van der Waals surface area contributed by atoms with Gasteiger partial charge in [-0.15, -0.1) is 0 Å². The molecule has 0 heterocycles. The smallest absolute Gasteiger partial charge is 0.744 e. The summed E-state index contributed by atoms with van der Waals surface area (Å²) in [5.41, 5.74) is 3.75. The summed E-state index contributed by atoms with van der Waals surface area (Å²) in [6.07, 6.45) is 77.0. The minimum atomic E-state index is -4.51. The van der Waals surface area contributed by atoms with E-state index in [0.29, 0.717) is 24.0 Å². The molecule has 0 spiro atoms. The zero-order chi connectivity index (χ0) is 66.3. The van der Waals surface area contributed by atoms with E-state index in [2.05, 4.69) is 64.1 Å². The maximum absolute atomic E-state index is 12.3. The van der Waals surface area contributed by atoms with Gasteiger partial charge in [-0.2, -0.15) is 0 Å². The summed E-state index contributed by atoms with van der Waals surface area (Å²) in [7, 11) is -9.02. The summed E-state index contributed by atoms with van der Waals surface area (Å²) < 4.78 is 73.8. The molecule has 4 aromatic carbocycles. The van der Waals surface area contributed by atoms with Crippen molar-refractivity contribution in [3.63, 3.8) is 0 Å². The standard InChI is InChI=1S/2C42H72O3S.Ba/c2*1-3-5-7-9-11-13-15-17-19-21-23-25-27-29-32-38-34-31-35-39-36-40(42(37-41(38)39)46(43,44)45)33-30-28-26-24-22-20-18-16-14-12-10-8-6-4-2;/h2*31,34-37H,3-30,32-33H2,1-2H3,(H,43,44,45);/q;;+2/p-2. The van der Waals surface area contributed by atoms with Gasteiger partial charge in [-0.1, -0.05) is 398 Å². The third-order valence-electron chi connectivity index (χ3n) is 20.0. The molecule has 4 rings (SSSR count). The van der Waals surface area contributed by atoms with Crippen LogP contribution in [-0.2, 0) is 45.9 Å². The van der Waals surface area contributed by atoms with E-state index in [1.807, 2.05) is 12.1 Å². The molecule has 0 radical (unpaired) electrons. The van der Waals surface area contributed by atoms with Gasteiger partial charge in [0.25, 0.3) is 0 Å². The van der Waals surface area contributed by atoms with Crippen LogP contribution in [0.1, 0.15) is 410 Å². The zero-order valence-corrected chi connectivity index (χ0v) is 67.2. The Morgan fingerprint density at radius 1 is 0.237 bits per heavy atom. The number of rotatable bonds is 62. The number of hydrogen-bond donors (Lipinski definition) is 0. The molecule has 0 unspecified atom stereocenters. The van der Waals surface area contributed by atoms with E-state index in [9.17, 15) is 25.9 Å². The fourth-order valence-electron chi connectivity index (χ4n) is 14.2. The summed E-state index contributed by atoms with van der Waals surface area (Å²) in [6.45, 7) is 9.10. The van der Waals surface area contributed by atoms with Crippen LogP contribution in [0.15, 0.2) is 70.5 Å². The van der Waals surface area contributed by atoms with Gasteiger partial charge in [0, 0.05) is 0 Å². The second-order valence-electron chi connectivity index (χ2n) is 28.5. The molecule has 0 saturated heterocycles. The van der Waals surface area contributed by atoms with Crippen LogP contribution in [0.3, 0.4) is 0 Å². The van der Waals surface area contributed by atoms with Crippen molar-refractivity contribution >= 4 is 90.7 Å². The monoisotopic (exact) mass is 1450 g/mol. The molecule has 0 saturated carbocycles. The van der Waals surface area contributed by atoms with Crippen LogP contribution < -0.4 is 0 Å². The molecule has 93 heavy (non-hydrogen) atoms. The van der Waals surface area contributed by atoms with Crippen LogP contribution in [0.4, 0.5) is 0 Å². The van der Waals surface area contributed by atoms with E-state index >= 15 is 0 Å². The Labute approximate surface area is 616 Å². The van der Waals surface area contributed by atoms with Gasteiger partial charge in [-0.3, -0.25) is 0 Å². The van der Waals surface area contributed by atoms with Gasteiger partial charge in [-0.05, 0) is 119 Å². The van der Waals surface area contributed by atoms with Gasteiger partial charge in [-0.25, -0.2) is 16.8 Å². The molecule has 528 valence electrons. The van der Waals surface area contributed by atoms with Crippen LogP contribution in [0, 0.1) is 0 Å². The molecule has 6 nitrogen and oxygen atoms in total. The summed E-state index contributed by atoms with van der Waals surface area (Å²) in [5.74, 6) is 0. The van der Waals surface area contributed by atoms with Crippen molar-refractivity contribution in [3.05, 3.63) is 82.9 Å². The molecular weight excluding hydrogens is 1310 g/mol. The Bertz CT molecular complexity index is 2430. The largest absolute Gasteiger partial charge is 2.00 e. The Morgan fingerprint density at radius 2 is 0.409 bits per heavy atom. The van der Waals surface area contributed by atoms with Crippen molar-refractivity contribution in [2.24, 2.45) is 0 Å². The second-order valence-corrected chi connectivity index (χ2v) is 31.2. The molecule has 9 heteroatoms. The average molecular weight is 1450 g/mol. The van der Waals surface area contributed by atoms with Crippen molar-refractivity contribution in [2.75, 3.05) is 0 Å². The van der Waals surface area contributed by atoms with Crippen molar-refractivity contribution in [2.45, 2.75) is 423 Å². The number of benzene rings is 4. The summed E-state index contributed by atoms with van der Waals surface area (Å²) in [6, 6.07) is 19.9. The number of hydrogen-bond acceptors (Lipinski definition) is 6. The molecular formula is C84H142BaO6S2. The molecule has 0 amide bonds. The third kappa shape index (κ3) is 44.5. The van der Waals surface area contributed by atoms with E-state index in [0.717, 1.165) is 72.9 Å². The maximum Gasteiger partial charge on any atom is 2.00 e. The summed E-state index contributed by atoms with van der Waals surface area (Å²) in [4.78, 5) is 0.00575. The Kier molecular flexibility index (Phi) is 56.4. The fraction of sp³-hybridized carbons (Fsp3) is 0.762. The second kappa shape index (κ2) is 59.6. The molecule has 0 atom stereocenters. The summed E-state index contributed by atoms with van der Waals surface area (Å²) >= 11 is 0. The molecule has 0 aromatic heterocycles. The van der Waals surface area contributed by atoms with Crippen molar-refractivity contribution < 1.29 is 25.9 Å². The zero-order valence-electron chi connectivity index (χ0n) is 61.2. The van der Waals surface area contributed by atoms with E-state index < -0.39 is 20.2 Å². The molecule has 0 aliphatic rings. The Hall–Kier alpha value is -1.21. The van der Waals surface area contributed by atoms with Gasteiger partial charge in [0.05, 0.1) is 9.79 Å². The quantitative estimate of drug-likeness (QED) is 0.0247. The van der Waals surface area contributed by atoms with Crippen LogP contribution in [0.5, 0.6) is 0 Å². The minimum Gasteiger partial charge on any atom is -0.744 e. The first-order valence-electron chi connectivity index (χ1n) is 39.9. The number of unbranched alkanes of at least 4 members (excludes halogenated alkanes) is 52. The van der Waals surface area contributed by atoms with E-state index in [4.69, 9.17) is 0 Å². The molecule has 0 aliphatic carbocycles. The van der Waals surface area contributed by atoms with E-state index in [1.165, 1.54) is 332 Å². The first-order valence-corrected chi connectivity index (χ1v) is 42.8. The third-order valence-corrected chi connectivity index (χ3v) is 21.9. The summed E-state index contributed by atoms with van der Waals surface area (Å²) in [5, 5.41) is 4.01. The predicted molar refractivity (Wildman–Crippen MR) is 406 cm³/mol. The SMILES string of the molecule is CCCCCCCCCCCCCCCCc1cc2cccc(CCCCCCCCCCCCCCCC)c2cc1S(=O)(=O)[O-].CCCCCCCCCCCCCCCCc1cc2cccc(CCCCCCCCCCCCCCCC)c2cc1S(=O)(=O)[O-].[Ba+2]. The van der Waals surface area contributed by atoms with Crippen molar-refractivity contribution in [1.29, 1.82) is 0 Å². The molecule has 0 aliphatic heterocycles. The molecule has 0 bridgehead atoms. The van der Waals surface area contributed by atoms with Gasteiger partial charge >= 0.3 is 48.9 Å². The van der Waals surface area contributed by atoms with Crippen molar-refractivity contribution in [3.8, 4) is 0 Å². The Morgan fingerprint density at radius 3 is 0.591 bits per heavy atom. The van der Waals surface area contributed by atoms with Gasteiger partial charge in [0.1, 0.15) is 20.2 Å². The molecule has 4 aromatic rings. The molecule has 0 N–H and O–H groups in total. The number of aryl methyl sites for hydroxylation is 4. The molecule has 0 fully saturated rings. The predicted octanol–water partition coefficient (Wildman–Crippen LogP) is 27.2. The van der Waals surface area contributed by atoms with E-state index in [-0.39, 0.29) is 58.7 Å². The van der Waals surface area contributed by atoms with Crippen LogP contribution in [0.25, 0.3) is 21.5 Å². The van der Waals surface area contributed by atoms with Gasteiger partial charge in [0.2, 0.25) is 0 Å². The normalized spacial score (nSPS) is 11.8. The fourth-order valence-corrected chi connectivity index (χ4v) is 15.7. The van der Waals surface area contributed by atoms with Gasteiger partial charge in [0.15, 0.2) is 0 Å². The van der Waals surface area contributed by atoms with Crippen LogP contribution in [-0.4, -0.2) is 74.8 Å². The average Bonchev–Trinajstić information content (AvgIpc) is 0.895. The van der Waals surface area contributed by atoms with Crippen LogP contribution in [0.2, 0.25) is 0 Å². The number of fused-ring (bicyclic) bond motifs is 2. The Balaban J connectivity index is 0.000000627. The topological polar surface area (TPSA) is 114 Å².